The van der Waals surface area contributed by atoms with Crippen LogP contribution in [-0.4, -0.2) is 59.6 Å². The number of aromatic nitrogens is 4. The number of benzene rings is 1. The second-order valence-electron chi connectivity index (χ2n) is 8.87. The van der Waals surface area contributed by atoms with Crippen molar-refractivity contribution in [3.8, 4) is 28.4 Å². The van der Waals surface area contributed by atoms with E-state index >= 15 is 4.39 Å². The summed E-state index contributed by atoms with van der Waals surface area (Å²) in [5, 5.41) is 4.14. The fourth-order valence-corrected chi connectivity index (χ4v) is 4.98. The summed E-state index contributed by atoms with van der Waals surface area (Å²) in [5.41, 5.74) is 1.58. The molecule has 0 aliphatic heterocycles. The normalized spacial score (nSPS) is 12.1. The SMILES string of the molecule is COC(=O)c1cnn(-c2cc(-c3cnc4cc(OC)c(S(=O)(=O)C(C)(C)C)cn34)cc(F)c2OC)c1. The van der Waals surface area contributed by atoms with Crippen LogP contribution in [0.4, 0.5) is 4.39 Å². The molecule has 4 aromatic rings. The van der Waals surface area contributed by atoms with Crippen LogP contribution in [0, 0.1) is 5.82 Å². The third kappa shape index (κ3) is 4.06. The van der Waals surface area contributed by atoms with Gasteiger partial charge in [-0.25, -0.2) is 27.3 Å². The second kappa shape index (κ2) is 8.94. The second-order valence-corrected chi connectivity index (χ2v) is 11.5. The maximum Gasteiger partial charge on any atom is 0.341 e. The number of rotatable bonds is 6. The molecule has 3 heterocycles. The van der Waals surface area contributed by atoms with E-state index in [1.807, 2.05) is 0 Å². The first kappa shape index (κ1) is 25.2. The van der Waals surface area contributed by atoms with Crippen molar-refractivity contribution in [3.63, 3.8) is 0 Å². The van der Waals surface area contributed by atoms with Gasteiger partial charge in [0.2, 0.25) is 0 Å². The molecule has 0 N–H and O–H groups in total. The first-order valence-corrected chi connectivity index (χ1v) is 12.2. The van der Waals surface area contributed by atoms with Gasteiger partial charge < -0.3 is 14.2 Å². The quantitative estimate of drug-likeness (QED) is 0.357. The number of pyridine rings is 1. The lowest BCUT2D eigenvalue weighted by atomic mass is 10.1. The zero-order valence-corrected chi connectivity index (χ0v) is 21.4. The van der Waals surface area contributed by atoms with Crippen molar-refractivity contribution in [3.05, 3.63) is 54.4 Å². The third-order valence-electron chi connectivity index (χ3n) is 5.66. The highest BCUT2D eigenvalue weighted by atomic mass is 32.2. The largest absolute Gasteiger partial charge is 0.495 e. The Labute approximate surface area is 207 Å². The first-order chi connectivity index (χ1) is 16.9. The van der Waals surface area contributed by atoms with E-state index < -0.39 is 26.4 Å². The van der Waals surface area contributed by atoms with Gasteiger partial charge in [-0.2, -0.15) is 5.10 Å². The van der Waals surface area contributed by atoms with E-state index in [-0.39, 0.29) is 27.6 Å². The van der Waals surface area contributed by atoms with E-state index in [2.05, 4.69) is 10.1 Å². The van der Waals surface area contributed by atoms with Crippen LogP contribution in [0.5, 0.6) is 11.5 Å². The summed E-state index contributed by atoms with van der Waals surface area (Å²) in [7, 11) is 0.153. The van der Waals surface area contributed by atoms with Crippen molar-refractivity contribution >= 4 is 21.5 Å². The summed E-state index contributed by atoms with van der Waals surface area (Å²) in [6.07, 6.45) is 5.60. The summed E-state index contributed by atoms with van der Waals surface area (Å²) in [5.74, 6) is -1.22. The van der Waals surface area contributed by atoms with E-state index in [0.717, 1.165) is 0 Å². The summed E-state index contributed by atoms with van der Waals surface area (Å²) >= 11 is 0. The molecular formula is C24H25FN4O6S. The highest BCUT2D eigenvalue weighted by Crippen LogP contribution is 2.36. The van der Waals surface area contributed by atoms with Crippen molar-refractivity contribution in [2.75, 3.05) is 21.3 Å². The number of nitrogens with zero attached hydrogens (tertiary/aromatic N) is 4. The van der Waals surface area contributed by atoms with Gasteiger partial charge >= 0.3 is 5.97 Å². The topological polar surface area (TPSA) is 114 Å². The molecule has 0 spiro atoms. The van der Waals surface area contributed by atoms with Gasteiger partial charge in [0.15, 0.2) is 21.4 Å². The van der Waals surface area contributed by atoms with Crippen molar-refractivity contribution in [2.45, 2.75) is 30.4 Å². The van der Waals surface area contributed by atoms with E-state index in [1.165, 1.54) is 62.9 Å². The Morgan fingerprint density at radius 3 is 2.36 bits per heavy atom. The number of esters is 1. The molecule has 3 aromatic heterocycles. The maximum absolute atomic E-state index is 15.2. The van der Waals surface area contributed by atoms with Crippen LogP contribution in [0.25, 0.3) is 22.6 Å². The molecule has 0 bridgehead atoms. The van der Waals surface area contributed by atoms with Crippen LogP contribution in [-0.2, 0) is 14.6 Å². The molecule has 4 rings (SSSR count). The number of fused-ring (bicyclic) bond motifs is 1. The van der Waals surface area contributed by atoms with Crippen LogP contribution in [0.1, 0.15) is 31.1 Å². The maximum atomic E-state index is 15.2. The fraction of sp³-hybridized carbons (Fsp3) is 0.292. The molecule has 190 valence electrons. The standard InChI is InChI=1S/C24H25FN4O6S/c1-24(2,3)36(31,32)20-13-28-18(11-26-21(28)9-19(20)33-4)14-7-16(25)22(34-5)17(8-14)29-12-15(10-27-29)23(30)35-6/h7-13H,1-6H3. The third-order valence-corrected chi connectivity index (χ3v) is 8.16. The number of methoxy groups -OCH3 is 3. The number of hydrogen-bond acceptors (Lipinski definition) is 8. The smallest absolute Gasteiger partial charge is 0.341 e. The Morgan fingerprint density at radius 1 is 1.03 bits per heavy atom. The van der Waals surface area contributed by atoms with Gasteiger partial charge in [-0.15, -0.1) is 0 Å². The van der Waals surface area contributed by atoms with Gasteiger partial charge in [-0.05, 0) is 32.9 Å². The van der Waals surface area contributed by atoms with Crippen LogP contribution >= 0.6 is 0 Å². The number of carbonyl (C=O) groups excluding carboxylic acids is 1. The average molecular weight is 517 g/mol. The van der Waals surface area contributed by atoms with Gasteiger partial charge in [0, 0.05) is 24.0 Å². The van der Waals surface area contributed by atoms with Gasteiger partial charge in [0.1, 0.15) is 22.0 Å². The summed E-state index contributed by atoms with van der Waals surface area (Å²) in [6.45, 7) is 4.79. The Balaban J connectivity index is 1.94. The first-order valence-electron chi connectivity index (χ1n) is 10.7. The summed E-state index contributed by atoms with van der Waals surface area (Å²) < 4.78 is 58.7. The number of sulfone groups is 1. The Bertz CT molecular complexity index is 1580. The van der Waals surface area contributed by atoms with Gasteiger partial charge in [0.05, 0.1) is 49.7 Å². The number of hydrogen-bond donors (Lipinski definition) is 0. The fourth-order valence-electron chi connectivity index (χ4n) is 3.67. The molecule has 12 heteroatoms. The molecule has 0 aliphatic rings. The lowest BCUT2D eigenvalue weighted by molar-refractivity contribution is 0.0600. The molecule has 10 nitrogen and oxygen atoms in total. The van der Waals surface area contributed by atoms with Crippen molar-refractivity contribution in [1.82, 2.24) is 19.2 Å². The molecule has 0 radical (unpaired) electrons. The molecule has 36 heavy (non-hydrogen) atoms. The van der Waals surface area contributed by atoms with E-state index in [0.29, 0.717) is 16.9 Å². The van der Waals surface area contributed by atoms with Crippen molar-refractivity contribution in [1.29, 1.82) is 0 Å². The Kier molecular flexibility index (Phi) is 6.25. The van der Waals surface area contributed by atoms with Crippen molar-refractivity contribution < 1.29 is 31.8 Å². The highest BCUT2D eigenvalue weighted by Gasteiger charge is 2.34. The zero-order chi connectivity index (χ0) is 26.4. The number of carbonyl (C=O) groups is 1. The minimum atomic E-state index is -3.79. The van der Waals surface area contributed by atoms with Crippen LogP contribution in [0.15, 0.2) is 47.9 Å². The van der Waals surface area contributed by atoms with E-state index in [4.69, 9.17) is 14.2 Å². The van der Waals surface area contributed by atoms with Crippen LogP contribution < -0.4 is 9.47 Å². The lowest BCUT2D eigenvalue weighted by Crippen LogP contribution is -2.28. The monoisotopic (exact) mass is 516 g/mol. The minimum Gasteiger partial charge on any atom is -0.495 e. The number of halogens is 1. The molecule has 0 saturated heterocycles. The molecule has 0 aliphatic carbocycles. The molecule has 0 unspecified atom stereocenters. The van der Waals surface area contributed by atoms with E-state index in [9.17, 15) is 13.2 Å². The molecule has 0 amide bonds. The summed E-state index contributed by atoms with van der Waals surface area (Å²) in [4.78, 5) is 16.2. The number of ether oxygens (including phenoxy) is 3. The molecule has 0 saturated carbocycles. The Hall–Kier alpha value is -3.93. The summed E-state index contributed by atoms with van der Waals surface area (Å²) in [6, 6.07) is 4.36. The van der Waals surface area contributed by atoms with Gasteiger partial charge in [0.25, 0.3) is 0 Å². The molecule has 1 aromatic carbocycles. The van der Waals surface area contributed by atoms with Crippen LogP contribution in [0.2, 0.25) is 0 Å². The average Bonchev–Trinajstić information content (AvgIpc) is 3.48. The molecule has 0 atom stereocenters. The van der Waals surface area contributed by atoms with Crippen LogP contribution in [0.3, 0.4) is 0 Å². The predicted octanol–water partition coefficient (Wildman–Crippen LogP) is 3.70. The van der Waals surface area contributed by atoms with E-state index in [1.54, 1.807) is 31.2 Å². The number of imidazole rings is 1. The Morgan fingerprint density at radius 2 is 1.75 bits per heavy atom. The van der Waals surface area contributed by atoms with Gasteiger partial charge in [-0.3, -0.25) is 4.40 Å². The molecule has 0 fully saturated rings. The zero-order valence-electron chi connectivity index (χ0n) is 20.6. The van der Waals surface area contributed by atoms with Gasteiger partial charge in [-0.1, -0.05) is 0 Å². The molecular weight excluding hydrogens is 491 g/mol. The highest BCUT2D eigenvalue weighted by molar-refractivity contribution is 7.92. The lowest BCUT2D eigenvalue weighted by Gasteiger charge is -2.21. The minimum absolute atomic E-state index is 0.0201. The predicted molar refractivity (Wildman–Crippen MR) is 129 cm³/mol. The van der Waals surface area contributed by atoms with Crippen molar-refractivity contribution in [2.24, 2.45) is 0 Å².